The number of carbonyl (C=O) groups is 1. The van der Waals surface area contributed by atoms with Gasteiger partial charge in [-0.1, -0.05) is 18.1 Å². The van der Waals surface area contributed by atoms with E-state index >= 15 is 0 Å². The van der Waals surface area contributed by atoms with Crippen LogP contribution in [0.25, 0.3) is 0 Å². The van der Waals surface area contributed by atoms with Gasteiger partial charge in [0.1, 0.15) is 0 Å². The van der Waals surface area contributed by atoms with E-state index in [2.05, 4.69) is 15.0 Å². The van der Waals surface area contributed by atoms with Crippen LogP contribution in [0.4, 0.5) is 5.69 Å². The maximum atomic E-state index is 12.5. The highest BCUT2D eigenvalue weighted by molar-refractivity contribution is 5.95. The maximum Gasteiger partial charge on any atom is 0.254 e. The van der Waals surface area contributed by atoms with Gasteiger partial charge in [0.2, 0.25) is 5.89 Å². The molecule has 2 aromatic rings. The molecule has 2 heterocycles. The summed E-state index contributed by atoms with van der Waals surface area (Å²) in [4.78, 5) is 20.9. The van der Waals surface area contributed by atoms with Gasteiger partial charge >= 0.3 is 0 Å². The third kappa shape index (κ3) is 3.68. The van der Waals surface area contributed by atoms with Crippen molar-refractivity contribution in [2.75, 3.05) is 31.9 Å². The van der Waals surface area contributed by atoms with E-state index in [1.165, 1.54) is 0 Å². The number of carbonyl (C=O) groups excluding carboxylic acids is 1. The monoisotopic (exact) mass is 315 g/mol. The molecule has 1 saturated heterocycles. The van der Waals surface area contributed by atoms with Crippen LogP contribution in [0.1, 0.15) is 29.0 Å². The molecular weight excluding hydrogens is 294 g/mol. The van der Waals surface area contributed by atoms with Crippen molar-refractivity contribution in [2.45, 2.75) is 19.9 Å². The van der Waals surface area contributed by atoms with Crippen molar-refractivity contribution in [3.63, 3.8) is 0 Å². The van der Waals surface area contributed by atoms with Gasteiger partial charge in [-0.25, -0.2) is 0 Å². The number of anilines is 1. The molecule has 1 aromatic carbocycles. The van der Waals surface area contributed by atoms with E-state index < -0.39 is 0 Å². The SMILES string of the molecule is CCc1nc(CN2CCN(C(=O)c3cccc(N)c3)CC2)no1. The Labute approximate surface area is 135 Å². The lowest BCUT2D eigenvalue weighted by Gasteiger charge is -2.34. The number of aromatic nitrogens is 2. The summed E-state index contributed by atoms with van der Waals surface area (Å²) in [5.41, 5.74) is 7.00. The second-order valence-corrected chi connectivity index (χ2v) is 5.65. The van der Waals surface area contributed by atoms with Crippen molar-refractivity contribution < 1.29 is 9.32 Å². The Balaban J connectivity index is 1.54. The van der Waals surface area contributed by atoms with Gasteiger partial charge < -0.3 is 15.2 Å². The number of hydrogen-bond acceptors (Lipinski definition) is 6. The molecule has 122 valence electrons. The normalized spacial score (nSPS) is 15.8. The lowest BCUT2D eigenvalue weighted by atomic mass is 10.1. The largest absolute Gasteiger partial charge is 0.399 e. The molecule has 1 aromatic heterocycles. The summed E-state index contributed by atoms with van der Waals surface area (Å²) in [5.74, 6) is 1.40. The van der Waals surface area contributed by atoms with E-state index in [0.717, 1.165) is 19.5 Å². The van der Waals surface area contributed by atoms with Crippen molar-refractivity contribution in [3.8, 4) is 0 Å². The number of hydrogen-bond donors (Lipinski definition) is 1. The molecule has 0 radical (unpaired) electrons. The summed E-state index contributed by atoms with van der Waals surface area (Å²) >= 11 is 0. The van der Waals surface area contributed by atoms with Crippen LogP contribution in [0.5, 0.6) is 0 Å². The van der Waals surface area contributed by atoms with Crippen LogP contribution in [0.2, 0.25) is 0 Å². The van der Waals surface area contributed by atoms with E-state index in [0.29, 0.717) is 42.6 Å². The van der Waals surface area contributed by atoms with Crippen molar-refractivity contribution in [1.29, 1.82) is 0 Å². The molecule has 0 spiro atoms. The molecule has 0 aliphatic carbocycles. The van der Waals surface area contributed by atoms with Crippen LogP contribution in [0.3, 0.4) is 0 Å². The predicted molar refractivity (Wildman–Crippen MR) is 85.7 cm³/mol. The molecule has 0 bridgehead atoms. The predicted octanol–water partition coefficient (Wildman–Crippen LogP) is 1.17. The molecule has 1 amide bonds. The molecule has 7 nitrogen and oxygen atoms in total. The Hall–Kier alpha value is -2.41. The van der Waals surface area contributed by atoms with E-state index in [1.807, 2.05) is 11.8 Å². The van der Waals surface area contributed by atoms with Gasteiger partial charge in [-0.3, -0.25) is 9.69 Å². The molecule has 3 rings (SSSR count). The second-order valence-electron chi connectivity index (χ2n) is 5.65. The van der Waals surface area contributed by atoms with Crippen molar-refractivity contribution in [3.05, 3.63) is 41.5 Å². The fourth-order valence-electron chi connectivity index (χ4n) is 2.66. The Morgan fingerprint density at radius 3 is 2.74 bits per heavy atom. The Morgan fingerprint density at radius 1 is 1.30 bits per heavy atom. The van der Waals surface area contributed by atoms with E-state index in [4.69, 9.17) is 10.3 Å². The molecule has 2 N–H and O–H groups in total. The van der Waals surface area contributed by atoms with Gasteiger partial charge in [-0.15, -0.1) is 0 Å². The van der Waals surface area contributed by atoms with Gasteiger partial charge in [0.05, 0.1) is 6.54 Å². The molecular formula is C16H21N5O2. The summed E-state index contributed by atoms with van der Waals surface area (Å²) < 4.78 is 5.12. The minimum atomic E-state index is 0.0322. The van der Waals surface area contributed by atoms with Crippen molar-refractivity contribution >= 4 is 11.6 Å². The minimum Gasteiger partial charge on any atom is -0.399 e. The van der Waals surface area contributed by atoms with Crippen LogP contribution in [0, 0.1) is 0 Å². The average molecular weight is 315 g/mol. The first-order valence-electron chi connectivity index (χ1n) is 7.84. The summed E-state index contributed by atoms with van der Waals surface area (Å²) in [6.45, 7) is 5.61. The van der Waals surface area contributed by atoms with Gasteiger partial charge in [0, 0.05) is 43.9 Å². The molecule has 1 fully saturated rings. The zero-order valence-electron chi connectivity index (χ0n) is 13.2. The first kappa shape index (κ1) is 15.5. The number of nitrogens with zero attached hydrogens (tertiary/aromatic N) is 4. The number of piperazine rings is 1. The number of nitrogens with two attached hydrogens (primary N) is 1. The van der Waals surface area contributed by atoms with Gasteiger partial charge in [-0.2, -0.15) is 4.98 Å². The number of benzene rings is 1. The Bertz CT molecular complexity index is 677. The smallest absolute Gasteiger partial charge is 0.254 e. The second kappa shape index (κ2) is 6.78. The van der Waals surface area contributed by atoms with Crippen molar-refractivity contribution in [2.24, 2.45) is 0 Å². The number of nitrogen functional groups attached to an aromatic ring is 1. The number of amides is 1. The fraction of sp³-hybridized carbons (Fsp3) is 0.438. The summed E-state index contributed by atoms with van der Waals surface area (Å²) in [7, 11) is 0. The summed E-state index contributed by atoms with van der Waals surface area (Å²) in [5, 5.41) is 3.97. The Kier molecular flexibility index (Phi) is 4.57. The van der Waals surface area contributed by atoms with E-state index in [-0.39, 0.29) is 5.91 Å². The molecule has 0 atom stereocenters. The lowest BCUT2D eigenvalue weighted by molar-refractivity contribution is 0.0624. The highest BCUT2D eigenvalue weighted by Gasteiger charge is 2.23. The third-order valence-corrected chi connectivity index (χ3v) is 3.97. The first-order chi connectivity index (χ1) is 11.2. The topological polar surface area (TPSA) is 88.5 Å². The van der Waals surface area contributed by atoms with Crippen LogP contribution in [-0.4, -0.2) is 52.0 Å². The molecule has 1 aliphatic rings. The molecule has 1 aliphatic heterocycles. The van der Waals surface area contributed by atoms with Gasteiger partial charge in [-0.05, 0) is 18.2 Å². The summed E-state index contributed by atoms with van der Waals surface area (Å²) in [6.07, 6.45) is 0.746. The standard InChI is InChI=1S/C16H21N5O2/c1-2-15-18-14(19-23-15)11-20-6-8-21(9-7-20)16(22)12-4-3-5-13(17)10-12/h3-5,10H,2,6-9,11,17H2,1H3. The Morgan fingerprint density at radius 2 is 2.09 bits per heavy atom. The van der Waals surface area contributed by atoms with Crippen LogP contribution in [-0.2, 0) is 13.0 Å². The number of rotatable bonds is 4. The third-order valence-electron chi connectivity index (χ3n) is 3.97. The van der Waals surface area contributed by atoms with Crippen LogP contribution < -0.4 is 5.73 Å². The van der Waals surface area contributed by atoms with Gasteiger partial charge in [0.15, 0.2) is 5.82 Å². The van der Waals surface area contributed by atoms with Crippen LogP contribution in [0.15, 0.2) is 28.8 Å². The quantitative estimate of drug-likeness (QED) is 0.852. The molecule has 0 saturated carbocycles. The van der Waals surface area contributed by atoms with Gasteiger partial charge in [0.25, 0.3) is 5.91 Å². The average Bonchev–Trinajstić information content (AvgIpc) is 3.02. The molecule has 23 heavy (non-hydrogen) atoms. The maximum absolute atomic E-state index is 12.5. The number of aryl methyl sites for hydroxylation is 1. The first-order valence-corrected chi connectivity index (χ1v) is 7.84. The van der Waals surface area contributed by atoms with Crippen LogP contribution >= 0.6 is 0 Å². The highest BCUT2D eigenvalue weighted by atomic mass is 16.5. The lowest BCUT2D eigenvalue weighted by Crippen LogP contribution is -2.48. The van der Waals surface area contributed by atoms with E-state index in [9.17, 15) is 4.79 Å². The summed E-state index contributed by atoms with van der Waals surface area (Å²) in [6, 6.07) is 7.11. The zero-order chi connectivity index (χ0) is 16.2. The van der Waals surface area contributed by atoms with E-state index in [1.54, 1.807) is 24.3 Å². The molecule has 7 heteroatoms. The fourth-order valence-corrected chi connectivity index (χ4v) is 2.66. The zero-order valence-corrected chi connectivity index (χ0v) is 13.2. The van der Waals surface area contributed by atoms with Crippen molar-refractivity contribution in [1.82, 2.24) is 19.9 Å². The molecule has 0 unspecified atom stereocenters. The minimum absolute atomic E-state index is 0.0322. The highest BCUT2D eigenvalue weighted by Crippen LogP contribution is 2.13.